The topological polar surface area (TPSA) is 58.6 Å². The molecule has 0 saturated carbocycles. The molecule has 0 aliphatic carbocycles. The Balaban J connectivity index is 1.77. The zero-order valence-corrected chi connectivity index (χ0v) is 17.2. The Morgan fingerprint density at radius 3 is 2.10 bits per heavy atom. The lowest BCUT2D eigenvalue weighted by molar-refractivity contribution is -0.120. The van der Waals surface area contributed by atoms with Crippen molar-refractivity contribution in [3.8, 4) is 5.75 Å². The average molecular weight is 416 g/mol. The van der Waals surface area contributed by atoms with E-state index in [4.69, 9.17) is 4.74 Å². The Morgan fingerprint density at radius 2 is 1.52 bits per heavy atom. The van der Waals surface area contributed by atoms with E-state index in [1.54, 1.807) is 43.5 Å². The van der Waals surface area contributed by atoms with Crippen LogP contribution >= 0.6 is 0 Å². The van der Waals surface area contributed by atoms with Gasteiger partial charge in [0.25, 0.3) is 11.8 Å². The summed E-state index contributed by atoms with van der Waals surface area (Å²) in [5.41, 5.74) is 3.01. The maximum absolute atomic E-state index is 13.5. The average Bonchev–Trinajstić information content (AvgIpc) is 3.04. The van der Waals surface area contributed by atoms with E-state index in [0.717, 1.165) is 16.9 Å². The number of amides is 2. The first-order valence-corrected chi connectivity index (χ1v) is 9.91. The lowest BCUT2D eigenvalue weighted by atomic mass is 10.0. The number of halogens is 1. The highest BCUT2D eigenvalue weighted by Crippen LogP contribution is 2.34. The molecular formula is C25H21FN2O3. The molecule has 31 heavy (non-hydrogen) atoms. The first kappa shape index (κ1) is 20.3. The summed E-state index contributed by atoms with van der Waals surface area (Å²) in [6.45, 7) is 2.03. The molecule has 1 aliphatic rings. The normalized spacial score (nSPS) is 13.7. The third-order valence-electron chi connectivity index (χ3n) is 5.18. The van der Waals surface area contributed by atoms with Crippen LogP contribution in [0, 0.1) is 5.82 Å². The van der Waals surface area contributed by atoms with Crippen LogP contribution in [0.25, 0.3) is 5.57 Å². The zero-order chi connectivity index (χ0) is 22.0. The smallest absolute Gasteiger partial charge is 0.282 e. The van der Waals surface area contributed by atoms with Crippen LogP contribution in [0.15, 0.2) is 78.5 Å². The number of anilines is 2. The van der Waals surface area contributed by atoms with Crippen LogP contribution in [-0.4, -0.2) is 18.9 Å². The first-order chi connectivity index (χ1) is 15.0. The van der Waals surface area contributed by atoms with Crippen LogP contribution in [0.3, 0.4) is 0 Å². The number of carbonyl (C=O) groups is 2. The number of carbonyl (C=O) groups excluding carboxylic acids is 2. The maximum atomic E-state index is 13.5. The number of rotatable bonds is 6. The lowest BCUT2D eigenvalue weighted by Crippen LogP contribution is -2.32. The number of benzene rings is 3. The molecule has 3 aromatic rings. The van der Waals surface area contributed by atoms with Crippen molar-refractivity contribution in [1.29, 1.82) is 0 Å². The van der Waals surface area contributed by atoms with Crippen molar-refractivity contribution in [2.24, 2.45) is 0 Å². The molecule has 1 heterocycles. The predicted molar refractivity (Wildman–Crippen MR) is 118 cm³/mol. The molecule has 0 bridgehead atoms. The summed E-state index contributed by atoms with van der Waals surface area (Å²) in [5, 5.41) is 3.08. The van der Waals surface area contributed by atoms with Gasteiger partial charge in [0.2, 0.25) is 0 Å². The third-order valence-corrected chi connectivity index (χ3v) is 5.18. The minimum atomic E-state index is -0.468. The molecule has 1 N–H and O–H groups in total. The van der Waals surface area contributed by atoms with Crippen molar-refractivity contribution in [2.45, 2.75) is 13.3 Å². The number of ether oxygens (including phenoxy) is 1. The van der Waals surface area contributed by atoms with E-state index in [1.807, 2.05) is 19.1 Å². The van der Waals surface area contributed by atoms with E-state index >= 15 is 0 Å². The van der Waals surface area contributed by atoms with Crippen LogP contribution < -0.4 is 15.0 Å². The third kappa shape index (κ3) is 3.92. The SMILES string of the molecule is CCc1ccc(N2C(=O)C(Nc3ccc(OC)cc3)=C(c3ccc(F)cc3)C2=O)cc1. The van der Waals surface area contributed by atoms with Gasteiger partial charge in [-0.3, -0.25) is 9.59 Å². The maximum Gasteiger partial charge on any atom is 0.282 e. The van der Waals surface area contributed by atoms with Crippen LogP contribution in [0.1, 0.15) is 18.1 Å². The van der Waals surface area contributed by atoms with Crippen molar-refractivity contribution in [2.75, 3.05) is 17.3 Å². The quantitative estimate of drug-likeness (QED) is 0.587. The number of hydrogen-bond donors (Lipinski definition) is 1. The molecule has 3 aromatic carbocycles. The van der Waals surface area contributed by atoms with Crippen LogP contribution in [-0.2, 0) is 16.0 Å². The second-order valence-electron chi connectivity index (χ2n) is 7.08. The minimum Gasteiger partial charge on any atom is -0.497 e. The zero-order valence-electron chi connectivity index (χ0n) is 17.2. The van der Waals surface area contributed by atoms with E-state index in [-0.39, 0.29) is 11.3 Å². The summed E-state index contributed by atoms with van der Waals surface area (Å²) >= 11 is 0. The van der Waals surface area contributed by atoms with Gasteiger partial charge in [-0.2, -0.15) is 0 Å². The fourth-order valence-electron chi connectivity index (χ4n) is 3.46. The molecule has 6 heteroatoms. The van der Waals surface area contributed by atoms with Crippen molar-refractivity contribution in [1.82, 2.24) is 0 Å². The molecular weight excluding hydrogens is 395 g/mol. The molecule has 4 rings (SSSR count). The number of nitrogens with zero attached hydrogens (tertiary/aromatic N) is 1. The van der Waals surface area contributed by atoms with Gasteiger partial charge in [-0.25, -0.2) is 9.29 Å². The summed E-state index contributed by atoms with van der Waals surface area (Å²) in [6.07, 6.45) is 0.853. The molecule has 0 radical (unpaired) electrons. The summed E-state index contributed by atoms with van der Waals surface area (Å²) in [4.78, 5) is 27.8. The number of imide groups is 1. The summed E-state index contributed by atoms with van der Waals surface area (Å²) in [6, 6.07) is 19.8. The van der Waals surface area contributed by atoms with Crippen molar-refractivity contribution >= 4 is 28.8 Å². The standard InChI is InChI=1S/C25H21FN2O3/c1-3-16-4-12-20(13-5-16)28-24(29)22(17-6-8-18(26)9-7-17)23(25(28)30)27-19-10-14-21(31-2)15-11-19/h4-15,27H,3H2,1-2H3. The van der Waals surface area contributed by atoms with E-state index in [9.17, 15) is 14.0 Å². The molecule has 0 unspecified atom stereocenters. The van der Waals surface area contributed by atoms with Gasteiger partial charge in [0, 0.05) is 5.69 Å². The molecule has 0 atom stereocenters. The molecule has 0 fully saturated rings. The van der Waals surface area contributed by atoms with Crippen LogP contribution in [0.4, 0.5) is 15.8 Å². The predicted octanol–water partition coefficient (Wildman–Crippen LogP) is 4.79. The minimum absolute atomic E-state index is 0.140. The summed E-state index contributed by atoms with van der Waals surface area (Å²) < 4.78 is 18.6. The van der Waals surface area contributed by atoms with Gasteiger partial charge < -0.3 is 10.1 Å². The number of aryl methyl sites for hydroxylation is 1. The Hall–Kier alpha value is -3.93. The lowest BCUT2D eigenvalue weighted by Gasteiger charge is -2.16. The molecule has 1 aliphatic heterocycles. The van der Waals surface area contributed by atoms with Gasteiger partial charge in [-0.15, -0.1) is 0 Å². The second kappa shape index (κ2) is 8.44. The van der Waals surface area contributed by atoms with Gasteiger partial charge in [0.05, 0.1) is 18.4 Å². The number of methoxy groups -OCH3 is 1. The fourth-order valence-corrected chi connectivity index (χ4v) is 3.46. The van der Waals surface area contributed by atoms with Crippen molar-refractivity contribution in [3.63, 3.8) is 0 Å². The molecule has 5 nitrogen and oxygen atoms in total. The molecule has 0 spiro atoms. The van der Waals surface area contributed by atoms with Crippen molar-refractivity contribution in [3.05, 3.63) is 95.4 Å². The highest BCUT2D eigenvalue weighted by molar-refractivity contribution is 6.46. The Kier molecular flexibility index (Phi) is 5.54. The summed E-state index contributed by atoms with van der Waals surface area (Å²) in [7, 11) is 1.57. The molecule has 156 valence electrons. The fraction of sp³-hybridized carbons (Fsp3) is 0.120. The molecule has 2 amide bonds. The van der Waals surface area contributed by atoms with Crippen LogP contribution in [0.5, 0.6) is 5.75 Å². The van der Waals surface area contributed by atoms with E-state index in [0.29, 0.717) is 22.7 Å². The Bertz CT molecular complexity index is 1150. The highest BCUT2D eigenvalue weighted by atomic mass is 19.1. The molecule has 0 saturated heterocycles. The van der Waals surface area contributed by atoms with Gasteiger partial charge >= 0.3 is 0 Å². The monoisotopic (exact) mass is 416 g/mol. The van der Waals surface area contributed by atoms with Crippen molar-refractivity contribution < 1.29 is 18.7 Å². The Labute approximate surface area is 179 Å². The highest BCUT2D eigenvalue weighted by Gasteiger charge is 2.40. The van der Waals surface area contributed by atoms with E-state index < -0.39 is 17.6 Å². The van der Waals surface area contributed by atoms with E-state index in [2.05, 4.69) is 5.32 Å². The number of hydrogen-bond acceptors (Lipinski definition) is 4. The molecule has 0 aromatic heterocycles. The van der Waals surface area contributed by atoms with E-state index in [1.165, 1.54) is 24.3 Å². The van der Waals surface area contributed by atoms with Gasteiger partial charge in [0.15, 0.2) is 0 Å². The van der Waals surface area contributed by atoms with Gasteiger partial charge in [-0.05, 0) is 66.1 Å². The van der Waals surface area contributed by atoms with Crippen LogP contribution in [0.2, 0.25) is 0 Å². The second-order valence-corrected chi connectivity index (χ2v) is 7.08. The summed E-state index contributed by atoms with van der Waals surface area (Å²) in [5.74, 6) is -0.677. The van der Waals surface area contributed by atoms with Gasteiger partial charge in [-0.1, -0.05) is 31.2 Å². The van der Waals surface area contributed by atoms with Gasteiger partial charge in [0.1, 0.15) is 17.3 Å². The first-order valence-electron chi connectivity index (χ1n) is 9.91. The largest absolute Gasteiger partial charge is 0.497 e. The Morgan fingerprint density at radius 1 is 0.871 bits per heavy atom. The number of nitrogens with one attached hydrogen (secondary N) is 1.